The van der Waals surface area contributed by atoms with E-state index in [1.807, 2.05) is 30.3 Å². The number of alkyl carbamates (subject to hydrolysis) is 1. The molecule has 1 aromatic rings. The highest BCUT2D eigenvalue weighted by Gasteiger charge is 2.21. The molecule has 0 heterocycles. The fraction of sp³-hybridized carbons (Fsp3) is 0.385. The fourth-order valence-electron chi connectivity index (χ4n) is 1.41. The first-order valence-electron chi connectivity index (χ1n) is 5.78. The zero-order chi connectivity index (χ0) is 14.1. The van der Waals surface area contributed by atoms with E-state index in [0.717, 1.165) is 5.56 Å². The average Bonchev–Trinajstić information content (AvgIpc) is 2.45. The zero-order valence-electron chi connectivity index (χ0n) is 10.6. The van der Waals surface area contributed by atoms with Crippen LogP contribution in [0.2, 0.25) is 0 Å². The molecule has 1 N–H and O–H groups in total. The minimum absolute atomic E-state index is 0.162. The second kappa shape index (κ2) is 8.53. The summed E-state index contributed by atoms with van der Waals surface area (Å²) in [5, 5.41) is 3.05. The van der Waals surface area contributed by atoms with Crippen LogP contribution in [0.15, 0.2) is 30.3 Å². The Bertz CT molecular complexity index is 410. The van der Waals surface area contributed by atoms with Crippen molar-refractivity contribution in [1.82, 2.24) is 5.32 Å². The molecule has 1 rings (SSSR count). The van der Waals surface area contributed by atoms with Crippen LogP contribution in [0.25, 0.3) is 0 Å². The summed E-state index contributed by atoms with van der Waals surface area (Å²) in [5.41, 5.74) is 0.882. The average molecular weight is 330 g/mol. The Balaban J connectivity index is 2.42. The van der Waals surface area contributed by atoms with Gasteiger partial charge in [-0.05, 0) is 12.0 Å². The van der Waals surface area contributed by atoms with E-state index in [-0.39, 0.29) is 6.61 Å². The molecule has 0 aliphatic carbocycles. The molecule has 0 unspecified atom stereocenters. The van der Waals surface area contributed by atoms with E-state index in [1.165, 1.54) is 7.11 Å². The van der Waals surface area contributed by atoms with Crippen molar-refractivity contribution in [3.05, 3.63) is 35.9 Å². The van der Waals surface area contributed by atoms with Crippen LogP contribution in [0.3, 0.4) is 0 Å². The maximum atomic E-state index is 11.6. The van der Waals surface area contributed by atoms with Gasteiger partial charge in [-0.2, -0.15) is 0 Å². The first-order valence-corrected chi connectivity index (χ1v) is 6.90. The first kappa shape index (κ1) is 15.5. The van der Waals surface area contributed by atoms with Crippen molar-refractivity contribution < 1.29 is 19.1 Å². The van der Waals surface area contributed by atoms with Gasteiger partial charge in [-0.25, -0.2) is 9.59 Å². The Morgan fingerprint density at radius 3 is 2.58 bits per heavy atom. The Morgan fingerprint density at radius 1 is 1.32 bits per heavy atom. The standard InChI is InChI=1S/C13H16BrNO4/c1-18-12(16)11(7-8-14)15-13(17)19-9-10-5-3-2-4-6-10/h2-6,11H,7-9H2,1H3,(H,15,17)/t11-/m0/s1. The lowest BCUT2D eigenvalue weighted by Gasteiger charge is -2.15. The number of methoxy groups -OCH3 is 1. The van der Waals surface area contributed by atoms with Gasteiger partial charge in [-0.15, -0.1) is 0 Å². The van der Waals surface area contributed by atoms with Crippen LogP contribution < -0.4 is 5.32 Å². The molecule has 5 nitrogen and oxygen atoms in total. The predicted octanol–water partition coefficient (Wildman–Crippen LogP) is 2.24. The molecule has 0 radical (unpaired) electrons. The molecule has 0 aromatic heterocycles. The number of carbonyl (C=O) groups excluding carboxylic acids is 2. The number of rotatable bonds is 6. The Kier molecular flexibility index (Phi) is 6.95. The molecule has 6 heteroatoms. The largest absolute Gasteiger partial charge is 0.467 e. The van der Waals surface area contributed by atoms with E-state index in [0.29, 0.717) is 11.8 Å². The van der Waals surface area contributed by atoms with Gasteiger partial charge in [0.15, 0.2) is 0 Å². The SMILES string of the molecule is COC(=O)[C@H](CCBr)NC(=O)OCc1ccccc1. The van der Waals surface area contributed by atoms with Crippen molar-refractivity contribution >= 4 is 28.0 Å². The maximum absolute atomic E-state index is 11.6. The maximum Gasteiger partial charge on any atom is 0.408 e. The highest BCUT2D eigenvalue weighted by atomic mass is 79.9. The lowest BCUT2D eigenvalue weighted by Crippen LogP contribution is -2.42. The molecule has 1 atom stereocenters. The Morgan fingerprint density at radius 2 is 2.00 bits per heavy atom. The highest BCUT2D eigenvalue weighted by molar-refractivity contribution is 9.09. The van der Waals surface area contributed by atoms with E-state index < -0.39 is 18.1 Å². The molecule has 0 aliphatic heterocycles. The number of hydrogen-bond acceptors (Lipinski definition) is 4. The van der Waals surface area contributed by atoms with Gasteiger partial charge in [0.25, 0.3) is 0 Å². The molecule has 0 saturated carbocycles. The third kappa shape index (κ3) is 5.74. The minimum atomic E-state index is -0.701. The van der Waals surface area contributed by atoms with Gasteiger partial charge in [0.2, 0.25) is 0 Å². The highest BCUT2D eigenvalue weighted by Crippen LogP contribution is 2.03. The molecule has 104 valence electrons. The van der Waals surface area contributed by atoms with Gasteiger partial charge in [0, 0.05) is 5.33 Å². The molecule has 0 bridgehead atoms. The van der Waals surface area contributed by atoms with Crippen LogP contribution in [0.5, 0.6) is 0 Å². The van der Waals surface area contributed by atoms with Gasteiger partial charge in [-0.3, -0.25) is 0 Å². The molecule has 19 heavy (non-hydrogen) atoms. The predicted molar refractivity (Wildman–Crippen MR) is 74.0 cm³/mol. The summed E-state index contributed by atoms with van der Waals surface area (Å²) in [5.74, 6) is -0.490. The molecule has 0 spiro atoms. The summed E-state index contributed by atoms with van der Waals surface area (Å²) in [6.07, 6.45) is -0.201. The van der Waals surface area contributed by atoms with Gasteiger partial charge in [-0.1, -0.05) is 46.3 Å². The van der Waals surface area contributed by atoms with Gasteiger partial charge >= 0.3 is 12.1 Å². The van der Waals surface area contributed by atoms with Crippen molar-refractivity contribution in [2.75, 3.05) is 12.4 Å². The van der Waals surface area contributed by atoms with Crippen molar-refractivity contribution in [2.45, 2.75) is 19.1 Å². The first-order chi connectivity index (χ1) is 9.17. The van der Waals surface area contributed by atoms with Crippen LogP contribution >= 0.6 is 15.9 Å². The molecular weight excluding hydrogens is 314 g/mol. The summed E-state index contributed by atoms with van der Waals surface area (Å²) in [6, 6.07) is 8.60. The van der Waals surface area contributed by atoms with Crippen LogP contribution in [0.1, 0.15) is 12.0 Å². The smallest absolute Gasteiger partial charge is 0.408 e. The summed E-state index contributed by atoms with van der Waals surface area (Å²) in [7, 11) is 1.28. The van der Waals surface area contributed by atoms with Crippen LogP contribution in [0.4, 0.5) is 4.79 Å². The van der Waals surface area contributed by atoms with Crippen LogP contribution in [0, 0.1) is 0 Å². The minimum Gasteiger partial charge on any atom is -0.467 e. The summed E-state index contributed by atoms with van der Waals surface area (Å²) < 4.78 is 9.62. The van der Waals surface area contributed by atoms with E-state index in [9.17, 15) is 9.59 Å². The number of halogens is 1. The van der Waals surface area contributed by atoms with Crippen molar-refractivity contribution in [1.29, 1.82) is 0 Å². The van der Waals surface area contributed by atoms with Gasteiger partial charge in [0.05, 0.1) is 7.11 Å². The van der Waals surface area contributed by atoms with E-state index in [4.69, 9.17) is 4.74 Å². The second-order valence-corrected chi connectivity index (χ2v) is 4.55. The van der Waals surface area contributed by atoms with Crippen molar-refractivity contribution in [3.63, 3.8) is 0 Å². The summed E-state index contributed by atoms with van der Waals surface area (Å²) in [6.45, 7) is 0.162. The zero-order valence-corrected chi connectivity index (χ0v) is 12.2. The third-order valence-electron chi connectivity index (χ3n) is 2.39. The molecule has 1 amide bonds. The lowest BCUT2D eigenvalue weighted by molar-refractivity contribution is -0.143. The van der Waals surface area contributed by atoms with E-state index in [2.05, 4.69) is 26.0 Å². The number of alkyl halides is 1. The van der Waals surface area contributed by atoms with Crippen molar-refractivity contribution in [3.8, 4) is 0 Å². The number of esters is 1. The molecule has 0 saturated heterocycles. The number of benzene rings is 1. The van der Waals surface area contributed by atoms with E-state index in [1.54, 1.807) is 0 Å². The molecule has 1 aromatic carbocycles. The quantitative estimate of drug-likeness (QED) is 0.642. The summed E-state index contributed by atoms with van der Waals surface area (Å²) >= 11 is 3.21. The summed E-state index contributed by atoms with van der Waals surface area (Å²) in [4.78, 5) is 23.0. The number of nitrogens with one attached hydrogen (secondary N) is 1. The van der Waals surface area contributed by atoms with Gasteiger partial charge in [0.1, 0.15) is 12.6 Å². The van der Waals surface area contributed by atoms with Crippen molar-refractivity contribution in [2.24, 2.45) is 0 Å². The molecule has 0 aliphatic rings. The molecule has 0 fully saturated rings. The number of amides is 1. The third-order valence-corrected chi connectivity index (χ3v) is 2.85. The number of ether oxygens (including phenoxy) is 2. The second-order valence-electron chi connectivity index (χ2n) is 3.76. The van der Waals surface area contributed by atoms with Gasteiger partial charge < -0.3 is 14.8 Å². The monoisotopic (exact) mass is 329 g/mol. The number of hydrogen-bond donors (Lipinski definition) is 1. The van der Waals surface area contributed by atoms with Crippen LogP contribution in [-0.2, 0) is 20.9 Å². The van der Waals surface area contributed by atoms with E-state index >= 15 is 0 Å². The van der Waals surface area contributed by atoms with Crippen LogP contribution in [-0.4, -0.2) is 30.5 Å². The normalized spacial score (nSPS) is 11.5. The topological polar surface area (TPSA) is 64.6 Å². The molecular formula is C13H16BrNO4. The Labute approximate surface area is 120 Å². The fourth-order valence-corrected chi connectivity index (χ4v) is 1.87. The lowest BCUT2D eigenvalue weighted by atomic mass is 10.2. The Hall–Kier alpha value is -1.56. The number of carbonyl (C=O) groups is 2.